The molecule has 21 heavy (non-hydrogen) atoms. The van der Waals surface area contributed by atoms with Crippen molar-refractivity contribution in [3.05, 3.63) is 0 Å². The molecule has 5 nitrogen and oxygen atoms in total. The van der Waals surface area contributed by atoms with E-state index >= 15 is 0 Å². The van der Waals surface area contributed by atoms with Crippen LogP contribution in [0.2, 0.25) is 0 Å². The summed E-state index contributed by atoms with van der Waals surface area (Å²) in [6.07, 6.45) is 4.16. The zero-order valence-corrected chi connectivity index (χ0v) is 14.0. The largest absolute Gasteiger partial charge is 0.343 e. The number of rotatable bonds is 5. The SMILES string of the molecule is CCN(CC)C(=O)CCC(=O)N1CCC2CCC(C1)N2.Cl. The number of hydrogen-bond acceptors (Lipinski definition) is 3. The highest BCUT2D eigenvalue weighted by molar-refractivity contribution is 5.85. The number of amides is 2. The molecule has 0 aromatic heterocycles. The fourth-order valence-electron chi connectivity index (χ4n) is 3.28. The van der Waals surface area contributed by atoms with Gasteiger partial charge in [0.2, 0.25) is 11.8 Å². The Labute approximate surface area is 133 Å². The van der Waals surface area contributed by atoms with E-state index in [2.05, 4.69) is 5.32 Å². The van der Waals surface area contributed by atoms with E-state index in [4.69, 9.17) is 0 Å². The number of carbonyl (C=O) groups is 2. The number of nitrogens with zero attached hydrogens (tertiary/aromatic N) is 2. The average Bonchev–Trinajstić information content (AvgIpc) is 2.77. The Morgan fingerprint density at radius 2 is 1.76 bits per heavy atom. The Balaban J connectivity index is 0.00000220. The van der Waals surface area contributed by atoms with Crippen molar-refractivity contribution >= 4 is 24.2 Å². The molecular weight excluding hydrogens is 290 g/mol. The van der Waals surface area contributed by atoms with Crippen molar-refractivity contribution < 1.29 is 9.59 Å². The van der Waals surface area contributed by atoms with Gasteiger partial charge in [-0.2, -0.15) is 0 Å². The minimum Gasteiger partial charge on any atom is -0.343 e. The second kappa shape index (κ2) is 8.59. The van der Waals surface area contributed by atoms with Crippen molar-refractivity contribution in [3.63, 3.8) is 0 Å². The molecule has 2 atom stereocenters. The third kappa shape index (κ3) is 4.85. The van der Waals surface area contributed by atoms with Gasteiger partial charge in [0.15, 0.2) is 0 Å². The molecule has 2 amide bonds. The second-order valence-corrected chi connectivity index (χ2v) is 5.83. The average molecular weight is 318 g/mol. The highest BCUT2D eigenvalue weighted by atomic mass is 35.5. The Morgan fingerprint density at radius 1 is 1.10 bits per heavy atom. The van der Waals surface area contributed by atoms with E-state index in [9.17, 15) is 9.59 Å². The predicted octanol–water partition coefficient (Wildman–Crippen LogP) is 1.41. The van der Waals surface area contributed by atoms with Crippen LogP contribution in [0.5, 0.6) is 0 Å². The third-order valence-corrected chi connectivity index (χ3v) is 4.54. The number of likely N-dealkylation sites (tertiary alicyclic amines) is 1. The number of hydrogen-bond donors (Lipinski definition) is 1. The monoisotopic (exact) mass is 317 g/mol. The fraction of sp³-hybridized carbons (Fsp3) is 0.867. The van der Waals surface area contributed by atoms with Gasteiger partial charge in [-0.25, -0.2) is 0 Å². The van der Waals surface area contributed by atoms with Gasteiger partial charge in [-0.1, -0.05) is 0 Å². The molecule has 0 radical (unpaired) electrons. The number of fused-ring (bicyclic) bond motifs is 2. The molecule has 2 saturated heterocycles. The van der Waals surface area contributed by atoms with Crippen LogP contribution in [0.4, 0.5) is 0 Å². The summed E-state index contributed by atoms with van der Waals surface area (Å²) in [6.45, 7) is 7.05. The van der Waals surface area contributed by atoms with Gasteiger partial charge < -0.3 is 15.1 Å². The van der Waals surface area contributed by atoms with Crippen LogP contribution in [0.1, 0.15) is 46.0 Å². The van der Waals surface area contributed by atoms with Gasteiger partial charge in [-0.05, 0) is 33.1 Å². The summed E-state index contributed by atoms with van der Waals surface area (Å²) in [5, 5.41) is 3.57. The Hall–Kier alpha value is -0.810. The number of halogens is 1. The molecule has 2 heterocycles. The summed E-state index contributed by atoms with van der Waals surface area (Å²) in [7, 11) is 0. The molecule has 2 aliphatic heterocycles. The van der Waals surface area contributed by atoms with Crippen LogP contribution in [0.25, 0.3) is 0 Å². The van der Waals surface area contributed by atoms with Crippen LogP contribution < -0.4 is 5.32 Å². The summed E-state index contributed by atoms with van der Waals surface area (Å²) in [4.78, 5) is 27.9. The molecule has 2 bridgehead atoms. The van der Waals surface area contributed by atoms with Crippen LogP contribution in [-0.2, 0) is 9.59 Å². The molecule has 2 aliphatic rings. The first-order valence-electron chi connectivity index (χ1n) is 7.95. The van der Waals surface area contributed by atoms with Crippen molar-refractivity contribution in [1.82, 2.24) is 15.1 Å². The first-order chi connectivity index (χ1) is 9.63. The van der Waals surface area contributed by atoms with E-state index in [-0.39, 0.29) is 24.2 Å². The van der Waals surface area contributed by atoms with Crippen LogP contribution in [-0.4, -0.2) is 59.9 Å². The van der Waals surface area contributed by atoms with Crippen LogP contribution in [0, 0.1) is 0 Å². The molecule has 0 spiro atoms. The van der Waals surface area contributed by atoms with Crippen LogP contribution in [0.15, 0.2) is 0 Å². The zero-order valence-electron chi connectivity index (χ0n) is 13.1. The molecule has 2 fully saturated rings. The molecule has 0 aliphatic carbocycles. The lowest BCUT2D eigenvalue weighted by atomic mass is 10.1. The van der Waals surface area contributed by atoms with Gasteiger partial charge in [0.25, 0.3) is 0 Å². The quantitative estimate of drug-likeness (QED) is 0.834. The molecule has 2 unspecified atom stereocenters. The molecule has 122 valence electrons. The van der Waals surface area contributed by atoms with E-state index in [1.807, 2.05) is 18.7 Å². The maximum absolute atomic E-state index is 12.3. The van der Waals surface area contributed by atoms with E-state index in [1.165, 1.54) is 12.8 Å². The van der Waals surface area contributed by atoms with Gasteiger partial charge in [-0.3, -0.25) is 9.59 Å². The minimum absolute atomic E-state index is 0. The first-order valence-corrected chi connectivity index (χ1v) is 7.95. The third-order valence-electron chi connectivity index (χ3n) is 4.54. The van der Waals surface area contributed by atoms with Crippen LogP contribution in [0.3, 0.4) is 0 Å². The standard InChI is InChI=1S/C15H27N3O2.ClH/c1-3-17(4-2)14(19)7-8-15(20)18-10-9-12-5-6-13(11-18)16-12;/h12-13,16H,3-11H2,1-2H3;1H. The molecule has 6 heteroatoms. The number of carbonyl (C=O) groups excluding carboxylic acids is 2. The van der Waals surface area contributed by atoms with Gasteiger partial charge >= 0.3 is 0 Å². The van der Waals surface area contributed by atoms with E-state index in [0.29, 0.717) is 24.9 Å². The van der Waals surface area contributed by atoms with Gasteiger partial charge in [0.05, 0.1) is 0 Å². The van der Waals surface area contributed by atoms with Crippen molar-refractivity contribution in [2.75, 3.05) is 26.2 Å². The van der Waals surface area contributed by atoms with Crippen molar-refractivity contribution in [3.8, 4) is 0 Å². The zero-order chi connectivity index (χ0) is 14.5. The first kappa shape index (κ1) is 18.2. The topological polar surface area (TPSA) is 52.7 Å². The molecule has 0 aromatic carbocycles. The van der Waals surface area contributed by atoms with Crippen molar-refractivity contribution in [2.24, 2.45) is 0 Å². The second-order valence-electron chi connectivity index (χ2n) is 5.83. The van der Waals surface area contributed by atoms with Crippen molar-refractivity contribution in [2.45, 2.75) is 58.0 Å². The lowest BCUT2D eigenvalue weighted by Crippen LogP contribution is -2.39. The fourth-order valence-corrected chi connectivity index (χ4v) is 3.28. The maximum atomic E-state index is 12.3. The van der Waals surface area contributed by atoms with Gasteiger partial charge in [0, 0.05) is 51.1 Å². The van der Waals surface area contributed by atoms with E-state index in [1.54, 1.807) is 4.90 Å². The summed E-state index contributed by atoms with van der Waals surface area (Å²) in [5.74, 6) is 0.234. The van der Waals surface area contributed by atoms with Crippen LogP contribution >= 0.6 is 12.4 Å². The summed E-state index contributed by atoms with van der Waals surface area (Å²) in [5.41, 5.74) is 0. The molecule has 0 saturated carbocycles. The Bertz CT molecular complexity index is 361. The van der Waals surface area contributed by atoms with Gasteiger partial charge in [-0.15, -0.1) is 12.4 Å². The lowest BCUT2D eigenvalue weighted by Gasteiger charge is -2.25. The molecule has 0 aromatic rings. The number of nitrogens with one attached hydrogen (secondary N) is 1. The van der Waals surface area contributed by atoms with E-state index in [0.717, 1.165) is 32.6 Å². The maximum Gasteiger partial charge on any atom is 0.223 e. The van der Waals surface area contributed by atoms with Crippen molar-refractivity contribution in [1.29, 1.82) is 0 Å². The molecule has 2 rings (SSSR count). The lowest BCUT2D eigenvalue weighted by molar-refractivity contribution is -0.137. The van der Waals surface area contributed by atoms with E-state index < -0.39 is 0 Å². The highest BCUT2D eigenvalue weighted by Crippen LogP contribution is 2.21. The summed E-state index contributed by atoms with van der Waals surface area (Å²) >= 11 is 0. The Kier molecular flexibility index (Phi) is 7.46. The Morgan fingerprint density at radius 3 is 2.43 bits per heavy atom. The summed E-state index contributed by atoms with van der Waals surface area (Å²) in [6, 6.07) is 1.06. The summed E-state index contributed by atoms with van der Waals surface area (Å²) < 4.78 is 0. The molecule has 1 N–H and O–H groups in total. The highest BCUT2D eigenvalue weighted by Gasteiger charge is 2.31. The minimum atomic E-state index is 0. The van der Waals surface area contributed by atoms with Gasteiger partial charge in [0.1, 0.15) is 0 Å². The molecular formula is C15H28ClN3O2. The smallest absolute Gasteiger partial charge is 0.223 e. The normalized spacial score (nSPS) is 24.2. The predicted molar refractivity (Wildman–Crippen MR) is 85.6 cm³/mol.